The maximum Gasteiger partial charge on any atom is 0.407 e. The normalized spacial score (nSPS) is 16.2. The zero-order valence-corrected chi connectivity index (χ0v) is 20.3. The lowest BCUT2D eigenvalue weighted by Gasteiger charge is -2.22. The van der Waals surface area contributed by atoms with E-state index in [1.807, 2.05) is 38.1 Å². The van der Waals surface area contributed by atoms with E-state index in [2.05, 4.69) is 34.9 Å². The summed E-state index contributed by atoms with van der Waals surface area (Å²) in [5.74, 6) is -0.760. The molecule has 7 nitrogen and oxygen atoms in total. The van der Waals surface area contributed by atoms with Gasteiger partial charge >= 0.3 is 12.1 Å². The summed E-state index contributed by atoms with van der Waals surface area (Å²) < 4.78 is 5.62. The van der Waals surface area contributed by atoms with E-state index in [0.29, 0.717) is 18.9 Å². The number of carboxylic acids is 1. The van der Waals surface area contributed by atoms with Gasteiger partial charge in [0.05, 0.1) is 6.42 Å². The number of alkyl carbamates (subject to hydrolysis) is 1. The van der Waals surface area contributed by atoms with Crippen molar-refractivity contribution >= 4 is 18.0 Å². The van der Waals surface area contributed by atoms with Crippen LogP contribution < -0.4 is 10.6 Å². The number of nitrogens with one attached hydrogen (secondary N) is 2. The van der Waals surface area contributed by atoms with Crippen LogP contribution in [0.1, 0.15) is 56.6 Å². The molecule has 0 heterocycles. The number of rotatable bonds is 11. The van der Waals surface area contributed by atoms with Crippen LogP contribution in [-0.2, 0) is 14.3 Å². The molecule has 2 amide bonds. The number of ether oxygens (including phenoxy) is 1. The molecule has 7 heteroatoms. The second-order valence-electron chi connectivity index (χ2n) is 10.1. The first-order chi connectivity index (χ1) is 16.8. The Bertz CT molecular complexity index is 1030. The summed E-state index contributed by atoms with van der Waals surface area (Å²) in [6.45, 7) is 4.45. The Labute approximate surface area is 206 Å². The third-order valence-electron chi connectivity index (χ3n) is 6.92. The lowest BCUT2D eigenvalue weighted by Crippen LogP contribution is -2.48. The van der Waals surface area contributed by atoms with E-state index in [4.69, 9.17) is 9.84 Å². The number of fused-ring (bicyclic) bond motifs is 3. The summed E-state index contributed by atoms with van der Waals surface area (Å²) in [5.41, 5.74) is 4.56. The van der Waals surface area contributed by atoms with E-state index in [1.54, 1.807) is 0 Å². The zero-order valence-electron chi connectivity index (χ0n) is 20.3. The molecule has 35 heavy (non-hydrogen) atoms. The summed E-state index contributed by atoms with van der Waals surface area (Å²) in [6, 6.07) is 15.5. The highest BCUT2D eigenvalue weighted by Crippen LogP contribution is 2.44. The fourth-order valence-corrected chi connectivity index (χ4v) is 5.04. The van der Waals surface area contributed by atoms with Crippen molar-refractivity contribution in [1.82, 2.24) is 10.6 Å². The lowest BCUT2D eigenvalue weighted by atomic mass is 9.98. The number of carbonyl (C=O) groups is 3. The van der Waals surface area contributed by atoms with E-state index in [-0.39, 0.29) is 36.7 Å². The molecule has 186 valence electrons. The van der Waals surface area contributed by atoms with Crippen LogP contribution in [0.3, 0.4) is 0 Å². The fraction of sp³-hybridized carbons (Fsp3) is 0.464. The first kappa shape index (κ1) is 24.8. The highest BCUT2D eigenvalue weighted by molar-refractivity contribution is 5.85. The first-order valence-electron chi connectivity index (χ1n) is 12.4. The third kappa shape index (κ3) is 6.21. The minimum Gasteiger partial charge on any atom is -0.481 e. The van der Waals surface area contributed by atoms with Gasteiger partial charge in [-0.25, -0.2) is 4.79 Å². The Morgan fingerprint density at radius 3 is 2.14 bits per heavy atom. The minimum absolute atomic E-state index is 0.0413. The second-order valence-corrected chi connectivity index (χ2v) is 10.1. The van der Waals surface area contributed by atoms with Crippen LogP contribution in [0.4, 0.5) is 4.79 Å². The van der Waals surface area contributed by atoms with Crippen LogP contribution >= 0.6 is 0 Å². The third-order valence-corrected chi connectivity index (χ3v) is 6.92. The Hall–Kier alpha value is -3.35. The second kappa shape index (κ2) is 10.9. The van der Waals surface area contributed by atoms with E-state index in [9.17, 15) is 14.4 Å². The number of benzene rings is 2. The van der Waals surface area contributed by atoms with Crippen molar-refractivity contribution in [3.63, 3.8) is 0 Å². The quantitative estimate of drug-likeness (QED) is 0.439. The summed E-state index contributed by atoms with van der Waals surface area (Å²) >= 11 is 0. The molecular weight excluding hydrogens is 444 g/mol. The molecule has 4 rings (SSSR count). The van der Waals surface area contributed by atoms with Crippen LogP contribution in [0.25, 0.3) is 11.1 Å². The highest BCUT2D eigenvalue weighted by Gasteiger charge is 2.34. The summed E-state index contributed by atoms with van der Waals surface area (Å²) in [6.07, 6.45) is 1.88. The molecule has 2 aromatic carbocycles. The molecule has 2 aliphatic carbocycles. The van der Waals surface area contributed by atoms with Crippen molar-refractivity contribution in [2.45, 2.75) is 51.5 Å². The monoisotopic (exact) mass is 478 g/mol. The van der Waals surface area contributed by atoms with Crippen molar-refractivity contribution in [3.05, 3.63) is 59.7 Å². The van der Waals surface area contributed by atoms with E-state index in [0.717, 1.165) is 35.1 Å². The van der Waals surface area contributed by atoms with Crippen molar-refractivity contribution in [3.8, 4) is 11.1 Å². The van der Waals surface area contributed by atoms with Gasteiger partial charge in [-0.15, -0.1) is 0 Å². The molecule has 2 aliphatic rings. The van der Waals surface area contributed by atoms with Gasteiger partial charge in [0.15, 0.2) is 0 Å². The molecule has 1 fully saturated rings. The number of amides is 2. The van der Waals surface area contributed by atoms with Crippen molar-refractivity contribution in [1.29, 1.82) is 0 Å². The van der Waals surface area contributed by atoms with Crippen molar-refractivity contribution in [2.75, 3.05) is 13.2 Å². The van der Waals surface area contributed by atoms with Crippen LogP contribution in [0.5, 0.6) is 0 Å². The minimum atomic E-state index is -0.855. The zero-order chi connectivity index (χ0) is 24.9. The number of aliphatic carboxylic acids is 1. The number of hydrogen-bond donors (Lipinski definition) is 3. The number of carbonyl (C=O) groups excluding carboxylic acids is 2. The average molecular weight is 479 g/mol. The van der Waals surface area contributed by atoms with E-state index >= 15 is 0 Å². The molecule has 0 saturated heterocycles. The van der Waals surface area contributed by atoms with Crippen LogP contribution in [-0.4, -0.2) is 42.3 Å². The Kier molecular flexibility index (Phi) is 7.73. The first-order valence-corrected chi connectivity index (χ1v) is 12.4. The van der Waals surface area contributed by atoms with E-state index in [1.165, 1.54) is 0 Å². The topological polar surface area (TPSA) is 105 Å². The van der Waals surface area contributed by atoms with Gasteiger partial charge < -0.3 is 20.5 Å². The average Bonchev–Trinajstić information content (AvgIpc) is 3.62. The lowest BCUT2D eigenvalue weighted by molar-refractivity contribution is -0.138. The summed E-state index contributed by atoms with van der Waals surface area (Å²) in [4.78, 5) is 36.8. The van der Waals surface area contributed by atoms with Crippen molar-refractivity contribution in [2.24, 2.45) is 17.8 Å². The largest absolute Gasteiger partial charge is 0.481 e. The maximum absolute atomic E-state index is 12.9. The van der Waals surface area contributed by atoms with Crippen LogP contribution in [0, 0.1) is 17.8 Å². The van der Waals surface area contributed by atoms with Gasteiger partial charge in [-0.1, -0.05) is 62.4 Å². The molecule has 2 atom stereocenters. The predicted octanol–water partition coefficient (Wildman–Crippen LogP) is 4.56. The molecule has 0 radical (unpaired) electrons. The molecule has 0 aliphatic heterocycles. The SMILES string of the molecule is CC(C)C[C@H](NC(=O)OCC1c2ccccc2-c2ccccc21)C(=O)NCC(CC(=O)O)C1CC1. The highest BCUT2D eigenvalue weighted by atomic mass is 16.5. The Morgan fingerprint density at radius 1 is 1.00 bits per heavy atom. The summed E-state index contributed by atoms with van der Waals surface area (Å²) in [5, 5.41) is 14.8. The fourth-order valence-electron chi connectivity index (χ4n) is 5.04. The molecule has 0 aromatic heterocycles. The molecular formula is C28H34N2O5. The van der Waals surface area contributed by atoms with E-state index < -0.39 is 18.1 Å². The maximum atomic E-state index is 12.9. The van der Waals surface area contributed by atoms with Gasteiger partial charge in [0.1, 0.15) is 12.6 Å². The standard InChI is InChI=1S/C28H34N2O5/c1-17(2)13-25(27(33)29-15-19(14-26(31)32)18-11-12-18)30-28(34)35-16-24-22-9-5-3-7-20(22)21-8-4-6-10-23(21)24/h3-10,17-19,24-25H,11-16H2,1-2H3,(H,29,33)(H,30,34)(H,31,32)/t19?,25-/m0/s1. The molecule has 0 spiro atoms. The van der Waals surface area contributed by atoms with Gasteiger partial charge in [0.25, 0.3) is 0 Å². The Morgan fingerprint density at radius 2 is 1.60 bits per heavy atom. The predicted molar refractivity (Wildman–Crippen MR) is 133 cm³/mol. The van der Waals surface area contributed by atoms with Gasteiger partial charge in [0, 0.05) is 12.5 Å². The summed E-state index contributed by atoms with van der Waals surface area (Å²) in [7, 11) is 0. The molecule has 2 aromatic rings. The number of hydrogen-bond acceptors (Lipinski definition) is 4. The Balaban J connectivity index is 1.36. The molecule has 1 unspecified atom stereocenters. The molecule has 1 saturated carbocycles. The van der Waals surface area contributed by atoms with Gasteiger partial charge in [0.2, 0.25) is 5.91 Å². The van der Waals surface area contributed by atoms with Gasteiger partial charge in [-0.2, -0.15) is 0 Å². The van der Waals surface area contributed by atoms with Crippen LogP contribution in [0.2, 0.25) is 0 Å². The van der Waals surface area contributed by atoms with Crippen molar-refractivity contribution < 1.29 is 24.2 Å². The smallest absolute Gasteiger partial charge is 0.407 e. The van der Waals surface area contributed by atoms with Crippen LogP contribution in [0.15, 0.2) is 48.5 Å². The molecule has 3 N–H and O–H groups in total. The molecule has 0 bridgehead atoms. The van der Waals surface area contributed by atoms with Gasteiger partial charge in [-0.3, -0.25) is 9.59 Å². The van der Waals surface area contributed by atoms with Gasteiger partial charge in [-0.05, 0) is 59.3 Å². The number of carboxylic acid groups (broad SMARTS) is 1.